The minimum atomic E-state index is -0.981. The van der Waals surface area contributed by atoms with Crippen LogP contribution in [0.5, 0.6) is 5.75 Å². The van der Waals surface area contributed by atoms with Crippen molar-refractivity contribution in [3.63, 3.8) is 0 Å². The Hall–Kier alpha value is -2.59. The van der Waals surface area contributed by atoms with E-state index in [1.54, 1.807) is 0 Å². The normalized spacial score (nSPS) is 17.0. The number of hydrogen-bond donors (Lipinski definition) is 4. The number of aromatic hydroxyl groups is 1. The van der Waals surface area contributed by atoms with E-state index in [-0.39, 0.29) is 24.2 Å². The highest BCUT2D eigenvalue weighted by atomic mass is 79.9. The Morgan fingerprint density at radius 2 is 2.14 bits per heavy atom. The fraction of sp³-hybridized carbons (Fsp3) is 0.278. The number of benzene rings is 1. The summed E-state index contributed by atoms with van der Waals surface area (Å²) < 4.78 is 0.949. The van der Waals surface area contributed by atoms with E-state index >= 15 is 0 Å². The minimum Gasteiger partial charge on any atom is -0.506 e. The lowest BCUT2D eigenvalue weighted by Crippen LogP contribution is -2.49. The summed E-state index contributed by atoms with van der Waals surface area (Å²) in [7, 11) is 0. The van der Waals surface area contributed by atoms with Crippen molar-refractivity contribution in [2.24, 2.45) is 0 Å². The number of phenolic OH excluding ortho intramolecular Hbond substituents is 1. The van der Waals surface area contributed by atoms with Gasteiger partial charge in [0.15, 0.2) is 0 Å². The van der Waals surface area contributed by atoms with Crippen LogP contribution in [-0.4, -0.2) is 56.2 Å². The highest BCUT2D eigenvalue weighted by molar-refractivity contribution is 9.11. The van der Waals surface area contributed by atoms with Crippen molar-refractivity contribution in [1.82, 2.24) is 20.2 Å². The molecule has 0 spiro atoms. The predicted octanol–water partition coefficient (Wildman–Crippen LogP) is 3.63. The van der Waals surface area contributed by atoms with Crippen LogP contribution >= 0.6 is 27.3 Å². The van der Waals surface area contributed by atoms with E-state index in [4.69, 9.17) is 5.11 Å². The minimum absolute atomic E-state index is 0.00985. The van der Waals surface area contributed by atoms with Crippen LogP contribution in [0.2, 0.25) is 0 Å². The van der Waals surface area contributed by atoms with E-state index in [2.05, 4.69) is 31.2 Å². The van der Waals surface area contributed by atoms with Crippen LogP contribution < -0.4 is 5.32 Å². The summed E-state index contributed by atoms with van der Waals surface area (Å²) in [5.74, 6) is 0.235. The monoisotopic (exact) mass is 464 g/mol. The van der Waals surface area contributed by atoms with Crippen molar-refractivity contribution in [2.45, 2.75) is 18.9 Å². The number of aromatic amines is 1. The molecule has 4 N–H and O–H groups in total. The molecule has 1 aliphatic heterocycles. The van der Waals surface area contributed by atoms with Gasteiger partial charge in [0.05, 0.1) is 14.2 Å². The van der Waals surface area contributed by atoms with Gasteiger partial charge in [0.2, 0.25) is 0 Å². The molecule has 1 aromatic carbocycles. The van der Waals surface area contributed by atoms with Gasteiger partial charge in [-0.15, -0.1) is 11.3 Å². The van der Waals surface area contributed by atoms with Gasteiger partial charge in [0.25, 0.3) is 5.91 Å². The number of fused-ring (bicyclic) bond motifs is 1. The van der Waals surface area contributed by atoms with Gasteiger partial charge in [0.1, 0.15) is 22.6 Å². The molecule has 0 radical (unpaired) electrons. The molecule has 1 aliphatic rings. The Balaban J connectivity index is 1.63. The van der Waals surface area contributed by atoms with Crippen molar-refractivity contribution in [3.8, 4) is 16.5 Å². The summed E-state index contributed by atoms with van der Waals surface area (Å²) in [4.78, 5) is 33.8. The fourth-order valence-electron chi connectivity index (χ4n) is 3.35. The van der Waals surface area contributed by atoms with E-state index in [0.29, 0.717) is 41.8 Å². The number of hydrogen-bond acceptors (Lipinski definition) is 5. The topological polar surface area (TPSA) is 119 Å². The van der Waals surface area contributed by atoms with Crippen LogP contribution in [0, 0.1) is 0 Å². The van der Waals surface area contributed by atoms with Gasteiger partial charge >= 0.3 is 6.09 Å². The van der Waals surface area contributed by atoms with Crippen LogP contribution in [0.4, 0.5) is 4.79 Å². The molecule has 3 heterocycles. The maximum Gasteiger partial charge on any atom is 0.407 e. The lowest BCUT2D eigenvalue weighted by Gasteiger charge is -2.31. The molecule has 2 aromatic heterocycles. The Kier molecular flexibility index (Phi) is 4.98. The van der Waals surface area contributed by atoms with Crippen molar-refractivity contribution in [1.29, 1.82) is 0 Å². The molecule has 1 saturated heterocycles. The average Bonchev–Trinajstić information content (AvgIpc) is 3.29. The van der Waals surface area contributed by atoms with Gasteiger partial charge in [-0.25, -0.2) is 9.78 Å². The Bertz CT molecular complexity index is 1060. The van der Waals surface area contributed by atoms with Crippen LogP contribution in [0.25, 0.3) is 21.7 Å². The molecule has 1 atom stereocenters. The molecule has 0 saturated carbocycles. The number of H-pyrrole nitrogens is 1. The van der Waals surface area contributed by atoms with Gasteiger partial charge in [-0.3, -0.25) is 4.79 Å². The number of imidazole rings is 1. The smallest absolute Gasteiger partial charge is 0.407 e. The standard InChI is InChI=1S/C18H17BrN4O4S/c19-13-6-5-12(28-13)16-21-14-10(3-4-11(24)15(14)22-16)17(25)20-9-2-1-7-23(8-9)18(26)27/h3-6,9,24H,1-2,7-8H2,(H,20,25)(H,21,22)(H,26,27). The number of aromatic nitrogens is 2. The number of likely N-dealkylation sites (tertiary alicyclic amines) is 1. The Labute approximate surface area is 172 Å². The van der Waals surface area contributed by atoms with Gasteiger partial charge in [0, 0.05) is 19.1 Å². The predicted molar refractivity (Wildman–Crippen MR) is 109 cm³/mol. The van der Waals surface area contributed by atoms with Gasteiger partial charge in [-0.1, -0.05) is 0 Å². The molecule has 0 aliphatic carbocycles. The van der Waals surface area contributed by atoms with Gasteiger partial charge < -0.3 is 25.4 Å². The zero-order valence-electron chi connectivity index (χ0n) is 14.6. The zero-order chi connectivity index (χ0) is 19.8. The lowest BCUT2D eigenvalue weighted by molar-refractivity contribution is 0.0890. The first-order valence-corrected chi connectivity index (χ1v) is 10.3. The molecule has 1 unspecified atom stereocenters. The fourth-order valence-corrected chi connectivity index (χ4v) is 4.68. The summed E-state index contributed by atoms with van der Waals surface area (Å²) in [5.41, 5.74) is 1.10. The van der Waals surface area contributed by atoms with Gasteiger partial charge in [-0.05, 0) is 53.0 Å². The number of rotatable bonds is 3. The first-order valence-electron chi connectivity index (χ1n) is 8.68. The molecule has 3 aromatic rings. The summed E-state index contributed by atoms with van der Waals surface area (Å²) >= 11 is 4.90. The van der Waals surface area contributed by atoms with Crippen LogP contribution in [0.15, 0.2) is 28.1 Å². The third kappa shape index (κ3) is 3.57. The first kappa shape index (κ1) is 18.8. The van der Waals surface area contributed by atoms with E-state index in [9.17, 15) is 14.7 Å². The maximum atomic E-state index is 12.8. The number of thiophene rings is 1. The summed E-state index contributed by atoms with van der Waals surface area (Å²) in [6.45, 7) is 0.738. The number of nitrogens with zero attached hydrogens (tertiary/aromatic N) is 2. The van der Waals surface area contributed by atoms with Crippen molar-refractivity contribution < 1.29 is 19.8 Å². The maximum absolute atomic E-state index is 12.8. The van der Waals surface area contributed by atoms with Crippen molar-refractivity contribution >= 4 is 50.3 Å². The van der Waals surface area contributed by atoms with Crippen LogP contribution in [-0.2, 0) is 0 Å². The molecule has 4 rings (SSSR count). The van der Waals surface area contributed by atoms with E-state index in [1.165, 1.54) is 28.4 Å². The number of halogens is 1. The molecule has 0 bridgehead atoms. The molecule has 2 amide bonds. The average molecular weight is 465 g/mol. The number of amides is 2. The molecule has 28 heavy (non-hydrogen) atoms. The summed E-state index contributed by atoms with van der Waals surface area (Å²) in [5, 5.41) is 22.2. The van der Waals surface area contributed by atoms with Crippen molar-refractivity contribution in [2.75, 3.05) is 13.1 Å². The summed E-state index contributed by atoms with van der Waals surface area (Å²) in [6.07, 6.45) is 0.429. The second kappa shape index (κ2) is 7.44. The molecule has 8 nitrogen and oxygen atoms in total. The van der Waals surface area contributed by atoms with E-state index in [1.807, 2.05) is 12.1 Å². The number of carbonyl (C=O) groups is 2. The summed E-state index contributed by atoms with van der Waals surface area (Å²) in [6, 6.07) is 6.52. The van der Waals surface area contributed by atoms with Gasteiger partial charge in [-0.2, -0.15) is 0 Å². The van der Waals surface area contributed by atoms with Crippen LogP contribution in [0.3, 0.4) is 0 Å². The second-order valence-corrected chi connectivity index (χ2v) is 9.05. The lowest BCUT2D eigenvalue weighted by atomic mass is 10.0. The Morgan fingerprint density at radius 1 is 1.32 bits per heavy atom. The number of phenols is 1. The van der Waals surface area contributed by atoms with E-state index in [0.717, 1.165) is 8.66 Å². The number of piperidine rings is 1. The van der Waals surface area contributed by atoms with Crippen LogP contribution in [0.1, 0.15) is 23.2 Å². The largest absolute Gasteiger partial charge is 0.506 e. The molecule has 146 valence electrons. The second-order valence-electron chi connectivity index (χ2n) is 6.59. The third-order valence-electron chi connectivity index (χ3n) is 4.70. The number of carbonyl (C=O) groups excluding carboxylic acids is 1. The molecule has 10 heteroatoms. The highest BCUT2D eigenvalue weighted by Gasteiger charge is 2.26. The quantitative estimate of drug-likeness (QED) is 0.471. The first-order chi connectivity index (χ1) is 13.4. The molecule has 1 fully saturated rings. The molecular weight excluding hydrogens is 448 g/mol. The highest BCUT2D eigenvalue weighted by Crippen LogP contribution is 2.33. The molecular formula is C18H17BrN4O4S. The zero-order valence-corrected chi connectivity index (χ0v) is 17.0. The Morgan fingerprint density at radius 3 is 2.86 bits per heavy atom. The SMILES string of the molecule is O=C(NC1CCCN(C(=O)O)C1)c1ccc(O)c2[nH]c(-c3ccc(Br)s3)nc12. The number of nitrogens with one attached hydrogen (secondary N) is 2. The number of carboxylic acid groups (broad SMARTS) is 1. The third-order valence-corrected chi connectivity index (χ3v) is 6.33. The van der Waals surface area contributed by atoms with Crippen molar-refractivity contribution in [3.05, 3.63) is 33.6 Å². The van der Waals surface area contributed by atoms with E-state index < -0.39 is 6.09 Å².